The van der Waals surface area contributed by atoms with Gasteiger partial charge in [-0.15, -0.1) is 0 Å². The van der Waals surface area contributed by atoms with Crippen molar-refractivity contribution in [1.82, 2.24) is 4.31 Å². The zero-order valence-corrected chi connectivity index (χ0v) is 11.6. The molecule has 0 spiro atoms. The number of rotatable bonds is 6. The van der Waals surface area contributed by atoms with Gasteiger partial charge in [0.1, 0.15) is 0 Å². The van der Waals surface area contributed by atoms with Gasteiger partial charge in [-0.1, -0.05) is 6.92 Å². The van der Waals surface area contributed by atoms with Gasteiger partial charge in [0, 0.05) is 31.3 Å². The van der Waals surface area contributed by atoms with Crippen molar-refractivity contribution < 1.29 is 13.3 Å². The van der Waals surface area contributed by atoms with Crippen molar-refractivity contribution in [1.29, 1.82) is 5.26 Å². The van der Waals surface area contributed by atoms with Crippen molar-refractivity contribution in [2.75, 3.05) is 18.8 Å². The molecule has 20 heavy (non-hydrogen) atoms. The normalized spacial score (nSPS) is 11.2. The Morgan fingerprint density at radius 1 is 1.50 bits per heavy atom. The van der Waals surface area contributed by atoms with E-state index in [2.05, 4.69) is 0 Å². The van der Waals surface area contributed by atoms with Gasteiger partial charge in [0.05, 0.1) is 11.0 Å². The summed E-state index contributed by atoms with van der Waals surface area (Å²) >= 11 is 0. The Morgan fingerprint density at radius 2 is 2.15 bits per heavy atom. The standard InChI is InChI=1S/C11H14N4O4S/c1-2-14(7-3-6-12)20(18,19)11-5-4-9(13)8-10(11)15(16)17/h4-5,8H,2-3,7,13H2,1H3. The highest BCUT2D eigenvalue weighted by molar-refractivity contribution is 7.89. The zero-order chi connectivity index (χ0) is 15.3. The Balaban J connectivity index is 3.34. The quantitative estimate of drug-likeness (QED) is 0.475. The van der Waals surface area contributed by atoms with Crippen LogP contribution in [0.5, 0.6) is 0 Å². The molecule has 1 rings (SSSR count). The molecule has 0 saturated heterocycles. The molecule has 0 amide bonds. The average molecular weight is 298 g/mol. The van der Waals surface area contributed by atoms with Crippen molar-refractivity contribution in [2.24, 2.45) is 0 Å². The first-order chi connectivity index (χ1) is 9.34. The third-order valence-corrected chi connectivity index (χ3v) is 4.64. The maximum absolute atomic E-state index is 12.4. The predicted octanol–water partition coefficient (Wildman–Crippen LogP) is 1.10. The molecule has 1 aromatic rings. The Kier molecular flexibility index (Phi) is 5.01. The fourth-order valence-corrected chi connectivity index (χ4v) is 3.24. The third-order valence-electron chi connectivity index (χ3n) is 2.62. The minimum atomic E-state index is -4.03. The van der Waals surface area contributed by atoms with Crippen molar-refractivity contribution in [3.05, 3.63) is 28.3 Å². The fourth-order valence-electron chi connectivity index (χ4n) is 1.66. The van der Waals surface area contributed by atoms with Gasteiger partial charge in [-0.25, -0.2) is 8.42 Å². The van der Waals surface area contributed by atoms with E-state index < -0.39 is 25.5 Å². The van der Waals surface area contributed by atoms with Crippen LogP contribution in [0.15, 0.2) is 23.1 Å². The van der Waals surface area contributed by atoms with E-state index >= 15 is 0 Å². The number of nitro benzene ring substituents is 1. The molecule has 0 fully saturated rings. The first-order valence-corrected chi connectivity index (χ1v) is 7.19. The SMILES string of the molecule is CCN(CCC#N)S(=O)(=O)c1ccc(N)cc1[N+](=O)[O-]. The van der Waals surface area contributed by atoms with E-state index in [1.807, 2.05) is 6.07 Å². The Morgan fingerprint density at radius 3 is 2.65 bits per heavy atom. The second-order valence-electron chi connectivity index (χ2n) is 3.89. The van der Waals surface area contributed by atoms with Gasteiger partial charge in [-0.3, -0.25) is 10.1 Å². The molecule has 0 bridgehead atoms. The molecule has 0 aromatic heterocycles. The molecule has 108 valence electrons. The van der Waals surface area contributed by atoms with E-state index in [4.69, 9.17) is 11.0 Å². The molecule has 0 heterocycles. The van der Waals surface area contributed by atoms with Gasteiger partial charge >= 0.3 is 0 Å². The smallest absolute Gasteiger partial charge is 0.291 e. The minimum Gasteiger partial charge on any atom is -0.399 e. The van der Waals surface area contributed by atoms with Gasteiger partial charge in [0.2, 0.25) is 10.0 Å². The van der Waals surface area contributed by atoms with Crippen LogP contribution in [0.2, 0.25) is 0 Å². The maximum atomic E-state index is 12.4. The van der Waals surface area contributed by atoms with Crippen LogP contribution in [0.3, 0.4) is 0 Å². The Labute approximate surface area is 116 Å². The predicted molar refractivity (Wildman–Crippen MR) is 72.2 cm³/mol. The molecule has 0 radical (unpaired) electrons. The van der Waals surface area contributed by atoms with Crippen LogP contribution in [0, 0.1) is 21.4 Å². The molecule has 0 unspecified atom stereocenters. The zero-order valence-electron chi connectivity index (χ0n) is 10.8. The summed E-state index contributed by atoms with van der Waals surface area (Å²) in [5, 5.41) is 19.5. The summed E-state index contributed by atoms with van der Waals surface area (Å²) < 4.78 is 25.8. The molecular weight excluding hydrogens is 284 g/mol. The van der Waals surface area contributed by atoms with Crippen LogP contribution >= 0.6 is 0 Å². The summed E-state index contributed by atoms with van der Waals surface area (Å²) in [6.07, 6.45) is 0.00976. The van der Waals surface area contributed by atoms with Crippen LogP contribution in [0.4, 0.5) is 11.4 Å². The van der Waals surface area contributed by atoms with Crippen molar-refractivity contribution >= 4 is 21.4 Å². The molecular formula is C11H14N4O4S. The lowest BCUT2D eigenvalue weighted by Gasteiger charge is -2.19. The topological polar surface area (TPSA) is 130 Å². The number of nitrogens with two attached hydrogens (primary N) is 1. The highest BCUT2D eigenvalue weighted by Gasteiger charge is 2.30. The molecule has 0 aliphatic heterocycles. The number of nitro groups is 1. The number of sulfonamides is 1. The van der Waals surface area contributed by atoms with Crippen LogP contribution in [0.1, 0.15) is 13.3 Å². The Hall–Kier alpha value is -2.18. The first-order valence-electron chi connectivity index (χ1n) is 5.75. The summed E-state index contributed by atoms with van der Waals surface area (Å²) in [6, 6.07) is 5.25. The molecule has 0 aliphatic carbocycles. The second kappa shape index (κ2) is 6.31. The van der Waals surface area contributed by atoms with E-state index in [0.717, 1.165) is 16.4 Å². The van der Waals surface area contributed by atoms with Crippen molar-refractivity contribution in [3.63, 3.8) is 0 Å². The lowest BCUT2D eigenvalue weighted by Crippen LogP contribution is -2.32. The summed E-state index contributed by atoms with van der Waals surface area (Å²) in [7, 11) is -4.03. The summed E-state index contributed by atoms with van der Waals surface area (Å²) in [4.78, 5) is 9.75. The number of nitriles is 1. The monoisotopic (exact) mass is 298 g/mol. The van der Waals surface area contributed by atoms with Crippen LogP contribution in [-0.4, -0.2) is 30.7 Å². The molecule has 1 aromatic carbocycles. The number of nitrogen functional groups attached to an aromatic ring is 1. The van der Waals surface area contributed by atoms with E-state index in [1.165, 1.54) is 6.07 Å². The molecule has 9 heteroatoms. The van der Waals surface area contributed by atoms with E-state index in [1.54, 1.807) is 6.92 Å². The van der Waals surface area contributed by atoms with Gasteiger partial charge in [-0.05, 0) is 12.1 Å². The van der Waals surface area contributed by atoms with Crippen molar-refractivity contribution in [2.45, 2.75) is 18.2 Å². The third kappa shape index (κ3) is 3.23. The second-order valence-corrected chi connectivity index (χ2v) is 5.80. The van der Waals surface area contributed by atoms with Crippen LogP contribution in [0.25, 0.3) is 0 Å². The summed E-state index contributed by atoms with van der Waals surface area (Å²) in [6.45, 7) is 1.69. The molecule has 2 N–H and O–H groups in total. The number of anilines is 1. The highest BCUT2D eigenvalue weighted by atomic mass is 32.2. The number of nitrogens with zero attached hydrogens (tertiary/aromatic N) is 3. The molecule has 0 atom stereocenters. The molecule has 0 aliphatic rings. The summed E-state index contributed by atoms with van der Waals surface area (Å²) in [5.74, 6) is 0. The Bertz CT molecular complexity index is 651. The van der Waals surface area contributed by atoms with Crippen molar-refractivity contribution in [3.8, 4) is 6.07 Å². The fraction of sp³-hybridized carbons (Fsp3) is 0.364. The highest BCUT2D eigenvalue weighted by Crippen LogP contribution is 2.28. The van der Waals surface area contributed by atoms with Crippen LogP contribution in [-0.2, 0) is 10.0 Å². The number of hydrogen-bond donors (Lipinski definition) is 1. The van der Waals surface area contributed by atoms with Crippen LogP contribution < -0.4 is 5.73 Å². The van der Waals surface area contributed by atoms with Gasteiger partial charge in [-0.2, -0.15) is 9.57 Å². The van der Waals surface area contributed by atoms with Gasteiger partial charge < -0.3 is 5.73 Å². The van der Waals surface area contributed by atoms with Gasteiger partial charge in [0.25, 0.3) is 5.69 Å². The average Bonchev–Trinajstić information content (AvgIpc) is 2.38. The maximum Gasteiger partial charge on any atom is 0.291 e. The van der Waals surface area contributed by atoms with E-state index in [-0.39, 0.29) is 25.2 Å². The van der Waals surface area contributed by atoms with E-state index in [0.29, 0.717) is 0 Å². The molecule has 0 saturated carbocycles. The molecule has 8 nitrogen and oxygen atoms in total. The number of benzene rings is 1. The first kappa shape index (κ1) is 15.9. The largest absolute Gasteiger partial charge is 0.399 e. The minimum absolute atomic E-state index is 0.00976. The lowest BCUT2D eigenvalue weighted by atomic mass is 10.3. The lowest BCUT2D eigenvalue weighted by molar-refractivity contribution is -0.387. The summed E-state index contributed by atoms with van der Waals surface area (Å²) in [5.41, 5.74) is 4.98. The van der Waals surface area contributed by atoms with E-state index in [9.17, 15) is 18.5 Å². The van der Waals surface area contributed by atoms with Gasteiger partial charge in [0.15, 0.2) is 4.90 Å². The number of hydrogen-bond acceptors (Lipinski definition) is 6.